The highest BCUT2D eigenvalue weighted by molar-refractivity contribution is 7.12. The standard InChI is InChI=1S/C16H13NO3S/c1-9-7-13(10(2)21-9)14(18)8-17-15(19)11-5-3-4-6-12(11)16(17)20/h3-7H,8H2,1-2H3. The van der Waals surface area contributed by atoms with Gasteiger partial charge in [-0.2, -0.15) is 0 Å². The average molecular weight is 299 g/mol. The van der Waals surface area contributed by atoms with Crippen molar-refractivity contribution in [2.45, 2.75) is 13.8 Å². The van der Waals surface area contributed by atoms with Crippen molar-refractivity contribution in [2.24, 2.45) is 0 Å². The summed E-state index contributed by atoms with van der Waals surface area (Å²) in [5.74, 6) is -0.992. The molecule has 1 aliphatic rings. The molecule has 0 unspecified atom stereocenters. The molecular weight excluding hydrogens is 286 g/mol. The van der Waals surface area contributed by atoms with Crippen LogP contribution in [-0.2, 0) is 0 Å². The van der Waals surface area contributed by atoms with Crippen molar-refractivity contribution in [3.8, 4) is 0 Å². The third-order valence-electron chi connectivity index (χ3n) is 3.52. The van der Waals surface area contributed by atoms with E-state index in [1.165, 1.54) is 11.3 Å². The smallest absolute Gasteiger partial charge is 0.261 e. The summed E-state index contributed by atoms with van der Waals surface area (Å²) in [6, 6.07) is 8.45. The average Bonchev–Trinajstić information content (AvgIpc) is 2.92. The fourth-order valence-electron chi connectivity index (χ4n) is 2.52. The number of aryl methyl sites for hydroxylation is 2. The summed E-state index contributed by atoms with van der Waals surface area (Å²) in [6.45, 7) is 3.59. The molecule has 0 spiro atoms. The van der Waals surface area contributed by atoms with Crippen LogP contribution in [0, 0.1) is 13.8 Å². The lowest BCUT2D eigenvalue weighted by Crippen LogP contribution is -2.34. The topological polar surface area (TPSA) is 54.5 Å². The SMILES string of the molecule is Cc1cc(C(=O)CN2C(=O)c3ccccc3C2=O)c(C)s1. The van der Waals surface area contributed by atoms with E-state index in [0.29, 0.717) is 16.7 Å². The largest absolute Gasteiger partial charge is 0.292 e. The monoisotopic (exact) mass is 299 g/mol. The Morgan fingerprint density at radius 3 is 2.14 bits per heavy atom. The van der Waals surface area contributed by atoms with Crippen LogP contribution < -0.4 is 0 Å². The Kier molecular flexibility index (Phi) is 3.22. The quantitative estimate of drug-likeness (QED) is 0.647. The van der Waals surface area contributed by atoms with E-state index in [4.69, 9.17) is 0 Å². The van der Waals surface area contributed by atoms with Crippen molar-refractivity contribution in [3.63, 3.8) is 0 Å². The molecule has 0 radical (unpaired) electrons. The Hall–Kier alpha value is -2.27. The van der Waals surface area contributed by atoms with E-state index in [-0.39, 0.29) is 12.3 Å². The molecule has 0 saturated carbocycles. The van der Waals surface area contributed by atoms with Crippen molar-refractivity contribution in [3.05, 3.63) is 56.8 Å². The van der Waals surface area contributed by atoms with Gasteiger partial charge in [0.15, 0.2) is 5.78 Å². The summed E-state index contributed by atoms with van der Waals surface area (Å²) in [5.41, 5.74) is 1.33. The summed E-state index contributed by atoms with van der Waals surface area (Å²) in [5, 5.41) is 0. The summed E-state index contributed by atoms with van der Waals surface area (Å²) < 4.78 is 0. The van der Waals surface area contributed by atoms with Crippen molar-refractivity contribution in [1.82, 2.24) is 4.90 Å². The minimum atomic E-state index is -0.395. The molecular formula is C16H13NO3S. The molecule has 1 aliphatic heterocycles. The number of carbonyl (C=O) groups excluding carboxylic acids is 3. The molecule has 1 aromatic carbocycles. The molecule has 0 N–H and O–H groups in total. The molecule has 5 heteroatoms. The number of benzene rings is 1. The van der Waals surface area contributed by atoms with E-state index in [9.17, 15) is 14.4 Å². The second kappa shape index (κ2) is 4.93. The van der Waals surface area contributed by atoms with Crippen LogP contribution in [0.2, 0.25) is 0 Å². The molecule has 0 aliphatic carbocycles. The Bertz CT molecular complexity index is 741. The molecule has 2 amide bonds. The van der Waals surface area contributed by atoms with E-state index in [1.807, 2.05) is 13.8 Å². The number of ketones is 1. The molecule has 2 aromatic rings. The normalized spacial score (nSPS) is 13.7. The third kappa shape index (κ3) is 2.19. The first-order chi connectivity index (χ1) is 9.99. The number of hydrogen-bond donors (Lipinski definition) is 0. The first-order valence-corrected chi connectivity index (χ1v) is 7.36. The van der Waals surface area contributed by atoms with E-state index in [1.54, 1.807) is 30.3 Å². The lowest BCUT2D eigenvalue weighted by Gasteiger charge is -2.12. The molecule has 0 bridgehead atoms. The number of hydrogen-bond acceptors (Lipinski definition) is 4. The van der Waals surface area contributed by atoms with Crippen LogP contribution in [0.25, 0.3) is 0 Å². The molecule has 0 fully saturated rings. The highest BCUT2D eigenvalue weighted by Crippen LogP contribution is 2.25. The lowest BCUT2D eigenvalue weighted by atomic mass is 10.1. The van der Waals surface area contributed by atoms with Crippen molar-refractivity contribution in [1.29, 1.82) is 0 Å². The van der Waals surface area contributed by atoms with Gasteiger partial charge in [-0.25, -0.2) is 0 Å². The van der Waals surface area contributed by atoms with E-state index in [2.05, 4.69) is 0 Å². The van der Waals surface area contributed by atoms with Gasteiger partial charge < -0.3 is 0 Å². The lowest BCUT2D eigenvalue weighted by molar-refractivity contribution is 0.0624. The van der Waals surface area contributed by atoms with Crippen LogP contribution in [0.15, 0.2) is 30.3 Å². The van der Waals surface area contributed by atoms with Gasteiger partial charge in [-0.05, 0) is 32.0 Å². The van der Waals surface area contributed by atoms with Crippen molar-refractivity contribution in [2.75, 3.05) is 6.54 Å². The molecule has 1 aromatic heterocycles. The fraction of sp³-hybridized carbons (Fsp3) is 0.188. The number of rotatable bonds is 3. The Balaban J connectivity index is 1.87. The zero-order valence-corrected chi connectivity index (χ0v) is 12.5. The first-order valence-electron chi connectivity index (χ1n) is 6.54. The summed E-state index contributed by atoms with van der Waals surface area (Å²) in [7, 11) is 0. The molecule has 3 rings (SSSR count). The maximum absolute atomic E-state index is 12.3. The summed E-state index contributed by atoms with van der Waals surface area (Å²) in [4.78, 5) is 39.8. The number of imide groups is 1. The molecule has 0 atom stereocenters. The molecule has 21 heavy (non-hydrogen) atoms. The Labute approximate surface area is 126 Å². The van der Waals surface area contributed by atoms with Gasteiger partial charge in [0.1, 0.15) is 0 Å². The van der Waals surface area contributed by atoms with Crippen LogP contribution in [0.4, 0.5) is 0 Å². The van der Waals surface area contributed by atoms with Crippen LogP contribution in [0.1, 0.15) is 40.8 Å². The van der Waals surface area contributed by atoms with Crippen LogP contribution in [-0.4, -0.2) is 29.0 Å². The second-order valence-corrected chi connectivity index (χ2v) is 6.45. The van der Waals surface area contributed by atoms with Crippen LogP contribution in [0.5, 0.6) is 0 Å². The van der Waals surface area contributed by atoms with Gasteiger partial charge in [-0.15, -0.1) is 11.3 Å². The highest BCUT2D eigenvalue weighted by Gasteiger charge is 2.36. The van der Waals surface area contributed by atoms with E-state index in [0.717, 1.165) is 14.7 Å². The number of carbonyl (C=O) groups is 3. The van der Waals surface area contributed by atoms with Crippen molar-refractivity contribution < 1.29 is 14.4 Å². The highest BCUT2D eigenvalue weighted by atomic mass is 32.1. The molecule has 0 saturated heterocycles. The van der Waals surface area contributed by atoms with Gasteiger partial charge in [0.05, 0.1) is 17.7 Å². The summed E-state index contributed by atoms with van der Waals surface area (Å²) in [6.07, 6.45) is 0. The maximum Gasteiger partial charge on any atom is 0.261 e. The van der Waals surface area contributed by atoms with E-state index >= 15 is 0 Å². The molecule has 106 valence electrons. The fourth-order valence-corrected chi connectivity index (χ4v) is 3.46. The third-order valence-corrected chi connectivity index (χ3v) is 4.49. The van der Waals surface area contributed by atoms with Crippen LogP contribution in [0.3, 0.4) is 0 Å². The molecule has 4 nitrogen and oxygen atoms in total. The van der Waals surface area contributed by atoms with Crippen molar-refractivity contribution >= 4 is 28.9 Å². The first kappa shape index (κ1) is 13.7. The van der Waals surface area contributed by atoms with Gasteiger partial charge in [-0.1, -0.05) is 12.1 Å². The Morgan fingerprint density at radius 2 is 1.67 bits per heavy atom. The number of amides is 2. The van der Waals surface area contributed by atoms with E-state index < -0.39 is 11.8 Å². The van der Waals surface area contributed by atoms with Gasteiger partial charge >= 0.3 is 0 Å². The van der Waals surface area contributed by atoms with Gasteiger partial charge in [0.2, 0.25) is 0 Å². The molecule has 2 heterocycles. The zero-order chi connectivity index (χ0) is 15.1. The predicted octanol–water partition coefficient (Wildman–Crippen LogP) is 2.84. The number of nitrogens with zero attached hydrogens (tertiary/aromatic N) is 1. The number of fused-ring (bicyclic) bond motifs is 1. The maximum atomic E-state index is 12.3. The number of thiophene rings is 1. The van der Waals surface area contributed by atoms with Gasteiger partial charge in [0.25, 0.3) is 11.8 Å². The van der Waals surface area contributed by atoms with Gasteiger partial charge in [-0.3, -0.25) is 19.3 Å². The predicted molar refractivity (Wildman–Crippen MR) is 79.9 cm³/mol. The van der Waals surface area contributed by atoms with Crippen LogP contribution >= 0.6 is 11.3 Å². The number of Topliss-reactive ketones (excluding diaryl/α,β-unsaturated/α-hetero) is 1. The zero-order valence-electron chi connectivity index (χ0n) is 11.7. The summed E-state index contributed by atoms with van der Waals surface area (Å²) >= 11 is 1.54. The second-order valence-electron chi connectivity index (χ2n) is 4.99. The Morgan fingerprint density at radius 1 is 1.10 bits per heavy atom. The van der Waals surface area contributed by atoms with Gasteiger partial charge in [0, 0.05) is 15.3 Å². The minimum absolute atomic E-state index is 0.202. The minimum Gasteiger partial charge on any atom is -0.292 e.